The molecule has 2 N–H and O–H groups in total. The lowest BCUT2D eigenvalue weighted by Crippen LogP contribution is -2.28. The van der Waals surface area contributed by atoms with Crippen LogP contribution >= 0.6 is 0 Å². The number of hydrogen-bond donors (Lipinski definition) is 2. The van der Waals surface area contributed by atoms with E-state index in [2.05, 4.69) is 5.32 Å². The second kappa shape index (κ2) is 7.41. The van der Waals surface area contributed by atoms with Crippen LogP contribution < -0.4 is 10.1 Å². The second-order valence-electron chi connectivity index (χ2n) is 4.41. The molecule has 0 aliphatic heterocycles. The average Bonchev–Trinajstić information content (AvgIpc) is 2.38. The lowest BCUT2D eigenvalue weighted by Gasteiger charge is -2.08. The standard InChI is InChI=1S/C14H19NO4/c1-10(14(17)18)6-7-15-13(16)9-11-4-3-5-12(8-11)19-2/h3-5,8,10H,6-7,9H2,1-2H3,(H,15,16)(H,17,18). The summed E-state index contributed by atoms with van der Waals surface area (Å²) in [7, 11) is 1.58. The molecule has 1 atom stereocenters. The van der Waals surface area contributed by atoms with Crippen molar-refractivity contribution >= 4 is 11.9 Å². The maximum Gasteiger partial charge on any atom is 0.306 e. The number of carboxylic acid groups (broad SMARTS) is 1. The maximum absolute atomic E-state index is 11.7. The van der Waals surface area contributed by atoms with Crippen LogP contribution in [0.5, 0.6) is 5.75 Å². The topological polar surface area (TPSA) is 75.6 Å². The quantitative estimate of drug-likeness (QED) is 0.782. The van der Waals surface area contributed by atoms with Gasteiger partial charge in [-0.15, -0.1) is 0 Å². The smallest absolute Gasteiger partial charge is 0.306 e. The minimum Gasteiger partial charge on any atom is -0.497 e. The number of nitrogens with one attached hydrogen (secondary N) is 1. The third-order valence-electron chi connectivity index (χ3n) is 2.82. The van der Waals surface area contributed by atoms with Crippen LogP contribution in [0.15, 0.2) is 24.3 Å². The van der Waals surface area contributed by atoms with Crippen LogP contribution in [0.1, 0.15) is 18.9 Å². The zero-order valence-corrected chi connectivity index (χ0v) is 11.2. The van der Waals surface area contributed by atoms with Crippen molar-refractivity contribution in [1.29, 1.82) is 0 Å². The third-order valence-corrected chi connectivity index (χ3v) is 2.82. The number of aliphatic carboxylic acids is 1. The van der Waals surface area contributed by atoms with Gasteiger partial charge in [-0.2, -0.15) is 0 Å². The molecule has 0 aliphatic carbocycles. The van der Waals surface area contributed by atoms with Gasteiger partial charge >= 0.3 is 5.97 Å². The summed E-state index contributed by atoms with van der Waals surface area (Å²) in [5, 5.41) is 11.4. The molecule has 0 aromatic heterocycles. The molecule has 0 aliphatic rings. The Morgan fingerprint density at radius 2 is 2.16 bits per heavy atom. The van der Waals surface area contributed by atoms with Gasteiger partial charge in [-0.3, -0.25) is 9.59 Å². The Labute approximate surface area is 112 Å². The molecule has 0 bridgehead atoms. The van der Waals surface area contributed by atoms with E-state index in [-0.39, 0.29) is 12.3 Å². The van der Waals surface area contributed by atoms with Gasteiger partial charge in [0, 0.05) is 6.54 Å². The minimum atomic E-state index is -0.845. The van der Waals surface area contributed by atoms with Crippen LogP contribution in [-0.4, -0.2) is 30.6 Å². The van der Waals surface area contributed by atoms with Gasteiger partial charge in [0.15, 0.2) is 0 Å². The van der Waals surface area contributed by atoms with Crippen LogP contribution in [0.3, 0.4) is 0 Å². The van der Waals surface area contributed by atoms with Gasteiger partial charge < -0.3 is 15.2 Å². The molecule has 1 aromatic rings. The number of carboxylic acids is 1. The van der Waals surface area contributed by atoms with Crippen molar-refractivity contribution in [2.75, 3.05) is 13.7 Å². The normalized spacial score (nSPS) is 11.7. The summed E-state index contributed by atoms with van der Waals surface area (Å²) in [5.41, 5.74) is 0.864. The first-order valence-electron chi connectivity index (χ1n) is 6.15. The van der Waals surface area contributed by atoms with Crippen molar-refractivity contribution in [2.45, 2.75) is 19.8 Å². The van der Waals surface area contributed by atoms with E-state index in [1.54, 1.807) is 20.1 Å². The Balaban J connectivity index is 2.36. The van der Waals surface area contributed by atoms with Crippen LogP contribution in [0.4, 0.5) is 0 Å². The zero-order valence-electron chi connectivity index (χ0n) is 11.2. The number of carbonyl (C=O) groups excluding carboxylic acids is 1. The molecular weight excluding hydrogens is 246 g/mol. The summed E-state index contributed by atoms with van der Waals surface area (Å²) in [5.74, 6) is -0.699. The zero-order chi connectivity index (χ0) is 14.3. The minimum absolute atomic E-state index is 0.120. The Bertz CT molecular complexity index is 445. The molecule has 1 rings (SSSR count). The summed E-state index contributed by atoms with van der Waals surface area (Å²) in [6.07, 6.45) is 0.692. The van der Waals surface area contributed by atoms with E-state index in [0.29, 0.717) is 18.7 Å². The molecule has 1 aromatic carbocycles. The van der Waals surface area contributed by atoms with E-state index in [4.69, 9.17) is 9.84 Å². The fourth-order valence-corrected chi connectivity index (χ4v) is 1.58. The summed E-state index contributed by atoms with van der Waals surface area (Å²) in [6, 6.07) is 7.30. The van der Waals surface area contributed by atoms with E-state index in [0.717, 1.165) is 5.56 Å². The van der Waals surface area contributed by atoms with Gasteiger partial charge in [-0.1, -0.05) is 19.1 Å². The lowest BCUT2D eigenvalue weighted by atomic mass is 10.1. The molecule has 1 unspecified atom stereocenters. The molecule has 19 heavy (non-hydrogen) atoms. The van der Waals surface area contributed by atoms with Crippen molar-refractivity contribution in [2.24, 2.45) is 5.92 Å². The predicted molar refractivity (Wildman–Crippen MR) is 71.1 cm³/mol. The highest BCUT2D eigenvalue weighted by Crippen LogP contribution is 2.12. The highest BCUT2D eigenvalue weighted by atomic mass is 16.5. The molecule has 0 radical (unpaired) electrons. The van der Waals surface area contributed by atoms with Gasteiger partial charge in [-0.25, -0.2) is 0 Å². The number of benzene rings is 1. The third kappa shape index (κ3) is 5.42. The number of hydrogen-bond acceptors (Lipinski definition) is 3. The molecule has 0 heterocycles. The number of carbonyl (C=O) groups is 2. The maximum atomic E-state index is 11.7. The second-order valence-corrected chi connectivity index (χ2v) is 4.41. The molecule has 0 saturated carbocycles. The summed E-state index contributed by atoms with van der Waals surface area (Å²) in [4.78, 5) is 22.3. The molecule has 104 valence electrons. The van der Waals surface area contributed by atoms with Crippen molar-refractivity contribution in [3.63, 3.8) is 0 Å². The molecular formula is C14H19NO4. The van der Waals surface area contributed by atoms with Gasteiger partial charge in [-0.05, 0) is 24.1 Å². The number of rotatable bonds is 7. The first-order chi connectivity index (χ1) is 9.02. The van der Waals surface area contributed by atoms with Gasteiger partial charge in [0.05, 0.1) is 19.4 Å². The van der Waals surface area contributed by atoms with Crippen LogP contribution in [0.25, 0.3) is 0 Å². The van der Waals surface area contributed by atoms with Crippen molar-refractivity contribution < 1.29 is 19.4 Å². The summed E-state index contributed by atoms with van der Waals surface area (Å²) in [6.45, 7) is 1.99. The fourth-order valence-electron chi connectivity index (χ4n) is 1.58. The number of amides is 1. The van der Waals surface area contributed by atoms with E-state index in [1.807, 2.05) is 18.2 Å². The van der Waals surface area contributed by atoms with E-state index in [1.165, 1.54) is 0 Å². The SMILES string of the molecule is COc1cccc(CC(=O)NCCC(C)C(=O)O)c1. The number of methoxy groups -OCH3 is 1. The molecule has 5 heteroatoms. The van der Waals surface area contributed by atoms with Gasteiger partial charge in [0.25, 0.3) is 0 Å². The predicted octanol–water partition coefficient (Wildman–Crippen LogP) is 1.46. The Hall–Kier alpha value is -2.04. The Kier molecular flexibility index (Phi) is 5.85. The van der Waals surface area contributed by atoms with E-state index in [9.17, 15) is 9.59 Å². The molecule has 0 spiro atoms. The lowest BCUT2D eigenvalue weighted by molar-refractivity contribution is -0.141. The van der Waals surface area contributed by atoms with Crippen molar-refractivity contribution in [1.82, 2.24) is 5.32 Å². The van der Waals surface area contributed by atoms with Crippen LogP contribution in [0, 0.1) is 5.92 Å². The summed E-state index contributed by atoms with van der Waals surface area (Å²) < 4.78 is 5.08. The fraction of sp³-hybridized carbons (Fsp3) is 0.429. The van der Waals surface area contributed by atoms with E-state index >= 15 is 0 Å². The van der Waals surface area contributed by atoms with Crippen molar-refractivity contribution in [3.05, 3.63) is 29.8 Å². The molecule has 1 amide bonds. The van der Waals surface area contributed by atoms with Gasteiger partial charge in [0.1, 0.15) is 5.75 Å². The summed E-state index contributed by atoms with van der Waals surface area (Å²) >= 11 is 0. The first kappa shape index (κ1) is 15.0. The van der Waals surface area contributed by atoms with Crippen LogP contribution in [0.2, 0.25) is 0 Å². The largest absolute Gasteiger partial charge is 0.497 e. The monoisotopic (exact) mass is 265 g/mol. The van der Waals surface area contributed by atoms with E-state index < -0.39 is 11.9 Å². The molecule has 0 fully saturated rings. The van der Waals surface area contributed by atoms with Gasteiger partial charge in [0.2, 0.25) is 5.91 Å². The molecule has 5 nitrogen and oxygen atoms in total. The first-order valence-corrected chi connectivity index (χ1v) is 6.15. The Morgan fingerprint density at radius 1 is 1.42 bits per heavy atom. The highest BCUT2D eigenvalue weighted by Gasteiger charge is 2.11. The average molecular weight is 265 g/mol. The Morgan fingerprint density at radius 3 is 2.79 bits per heavy atom. The highest BCUT2D eigenvalue weighted by molar-refractivity contribution is 5.78. The number of ether oxygens (including phenoxy) is 1. The van der Waals surface area contributed by atoms with Crippen LogP contribution in [-0.2, 0) is 16.0 Å². The molecule has 0 saturated heterocycles. The van der Waals surface area contributed by atoms with Crippen molar-refractivity contribution in [3.8, 4) is 5.75 Å².